The minimum absolute atomic E-state index is 0.0105. The lowest BCUT2D eigenvalue weighted by molar-refractivity contribution is -0.144. The van der Waals surface area contributed by atoms with Crippen molar-refractivity contribution in [3.8, 4) is 0 Å². The van der Waals surface area contributed by atoms with Gasteiger partial charge in [-0.25, -0.2) is 12.8 Å². The van der Waals surface area contributed by atoms with Crippen LogP contribution in [0.15, 0.2) is 59.6 Å². The number of nitrogens with zero attached hydrogens (tertiary/aromatic N) is 2. The Labute approximate surface area is 180 Å². The smallest absolute Gasteiger partial charge is 0.310 e. The van der Waals surface area contributed by atoms with E-state index in [0.717, 1.165) is 19.3 Å². The topological polar surface area (TPSA) is 76.6 Å². The molecule has 0 atom stereocenters. The monoisotopic (exact) mass is 442 g/mol. The van der Waals surface area contributed by atoms with Crippen molar-refractivity contribution in [2.45, 2.75) is 37.2 Å². The van der Waals surface area contributed by atoms with Crippen LogP contribution in [0, 0.1) is 5.82 Å². The van der Waals surface area contributed by atoms with E-state index < -0.39 is 16.0 Å². The summed E-state index contributed by atoms with van der Waals surface area (Å²) in [4.78, 5) is 16.7. The zero-order valence-corrected chi connectivity index (χ0v) is 17.8. The maximum absolute atomic E-state index is 13.9. The minimum atomic E-state index is -3.50. The number of hydrogen-bond acceptors (Lipinski definition) is 5. The van der Waals surface area contributed by atoms with E-state index in [1.54, 1.807) is 36.5 Å². The van der Waals surface area contributed by atoms with Crippen molar-refractivity contribution in [3.63, 3.8) is 0 Å². The number of piperidine rings is 1. The molecule has 0 spiro atoms. The van der Waals surface area contributed by atoms with Gasteiger partial charge in [-0.05, 0) is 48.7 Å². The van der Waals surface area contributed by atoms with Crippen molar-refractivity contribution < 1.29 is 22.3 Å². The number of sulfonamides is 1. The molecule has 2 aromatic carbocycles. The van der Waals surface area contributed by atoms with Gasteiger partial charge in [0, 0.05) is 30.2 Å². The van der Waals surface area contributed by atoms with E-state index in [1.165, 1.54) is 22.5 Å². The number of rotatable bonds is 6. The van der Waals surface area contributed by atoms with E-state index in [0.29, 0.717) is 35.1 Å². The Kier molecular flexibility index (Phi) is 6.29. The number of carbonyl (C=O) groups is 1. The van der Waals surface area contributed by atoms with Gasteiger partial charge >= 0.3 is 5.97 Å². The van der Waals surface area contributed by atoms with Crippen LogP contribution >= 0.6 is 0 Å². The summed E-state index contributed by atoms with van der Waals surface area (Å²) in [6.45, 7) is 1.07. The molecule has 162 valence electrons. The van der Waals surface area contributed by atoms with Crippen LogP contribution in [-0.2, 0) is 32.6 Å². The highest BCUT2D eigenvalue weighted by molar-refractivity contribution is 7.89. The van der Waals surface area contributed by atoms with Crippen molar-refractivity contribution in [3.05, 3.63) is 71.7 Å². The van der Waals surface area contributed by atoms with Crippen molar-refractivity contribution in [1.29, 1.82) is 0 Å². The molecule has 1 fully saturated rings. The van der Waals surface area contributed by atoms with Crippen LogP contribution in [0.1, 0.15) is 30.4 Å². The van der Waals surface area contributed by atoms with Gasteiger partial charge in [-0.15, -0.1) is 0 Å². The summed E-state index contributed by atoms with van der Waals surface area (Å²) in [6, 6.07) is 12.5. The molecule has 31 heavy (non-hydrogen) atoms. The van der Waals surface area contributed by atoms with Crippen LogP contribution in [0.2, 0.25) is 0 Å². The largest absolute Gasteiger partial charge is 0.460 e. The predicted molar refractivity (Wildman–Crippen MR) is 114 cm³/mol. The van der Waals surface area contributed by atoms with E-state index in [9.17, 15) is 17.6 Å². The summed E-state index contributed by atoms with van der Waals surface area (Å²) >= 11 is 0. The number of pyridine rings is 1. The Morgan fingerprint density at radius 1 is 1.03 bits per heavy atom. The Hall–Kier alpha value is -2.84. The van der Waals surface area contributed by atoms with E-state index in [-0.39, 0.29) is 23.7 Å². The number of esters is 1. The number of ether oxygens (including phenoxy) is 1. The van der Waals surface area contributed by atoms with Gasteiger partial charge in [0.15, 0.2) is 0 Å². The highest BCUT2D eigenvalue weighted by Gasteiger charge is 2.25. The van der Waals surface area contributed by atoms with Gasteiger partial charge in [0.2, 0.25) is 10.0 Å². The Morgan fingerprint density at radius 2 is 1.77 bits per heavy atom. The number of carbonyl (C=O) groups excluding carboxylic acids is 1. The van der Waals surface area contributed by atoms with Crippen LogP contribution in [0.3, 0.4) is 0 Å². The van der Waals surface area contributed by atoms with Gasteiger partial charge in [0.25, 0.3) is 0 Å². The fraction of sp³-hybridized carbons (Fsp3) is 0.304. The molecule has 1 saturated heterocycles. The molecule has 0 unspecified atom stereocenters. The van der Waals surface area contributed by atoms with Crippen molar-refractivity contribution in [2.75, 3.05) is 13.1 Å². The number of hydrogen-bond donors (Lipinski definition) is 0. The van der Waals surface area contributed by atoms with Crippen LogP contribution in [0.5, 0.6) is 0 Å². The van der Waals surface area contributed by atoms with Crippen molar-refractivity contribution in [1.82, 2.24) is 9.29 Å². The molecule has 0 N–H and O–H groups in total. The fourth-order valence-electron chi connectivity index (χ4n) is 3.72. The lowest BCUT2D eigenvalue weighted by atomic mass is 10.1. The molecule has 0 amide bonds. The van der Waals surface area contributed by atoms with Crippen molar-refractivity contribution in [2.24, 2.45) is 0 Å². The molecule has 2 heterocycles. The molecule has 0 radical (unpaired) electrons. The van der Waals surface area contributed by atoms with Gasteiger partial charge in [0.1, 0.15) is 12.4 Å². The molecule has 1 aliphatic heterocycles. The zero-order chi connectivity index (χ0) is 21.8. The third-order valence-electron chi connectivity index (χ3n) is 5.41. The van der Waals surface area contributed by atoms with Crippen LogP contribution in [-0.4, -0.2) is 36.8 Å². The molecule has 4 rings (SSSR count). The number of aromatic nitrogens is 1. The second-order valence-corrected chi connectivity index (χ2v) is 9.49. The van der Waals surface area contributed by atoms with E-state index in [4.69, 9.17) is 4.74 Å². The normalized spacial score (nSPS) is 15.1. The summed E-state index contributed by atoms with van der Waals surface area (Å²) in [5.74, 6) is -0.835. The minimum Gasteiger partial charge on any atom is -0.460 e. The average Bonchev–Trinajstić information content (AvgIpc) is 2.80. The molecule has 0 bridgehead atoms. The SMILES string of the molecule is O=C(Cc1ccc(S(=O)(=O)N2CCCCC2)cc1)OCc1ccc(F)c2cccnc12. The van der Waals surface area contributed by atoms with E-state index in [1.807, 2.05) is 0 Å². The summed E-state index contributed by atoms with van der Waals surface area (Å²) in [5, 5.41) is 0.376. The van der Waals surface area contributed by atoms with Crippen LogP contribution < -0.4 is 0 Å². The Morgan fingerprint density at radius 3 is 2.52 bits per heavy atom. The molecule has 6 nitrogen and oxygen atoms in total. The molecule has 8 heteroatoms. The molecule has 1 aromatic heterocycles. The van der Waals surface area contributed by atoms with Crippen molar-refractivity contribution >= 4 is 26.9 Å². The lowest BCUT2D eigenvalue weighted by Gasteiger charge is -2.25. The van der Waals surface area contributed by atoms with Crippen LogP contribution in [0.4, 0.5) is 4.39 Å². The number of fused-ring (bicyclic) bond motifs is 1. The molecule has 3 aromatic rings. The molecule has 1 aliphatic rings. The summed E-state index contributed by atoms with van der Waals surface area (Å²) < 4.78 is 46.2. The summed E-state index contributed by atoms with van der Waals surface area (Å²) in [7, 11) is -3.50. The first-order valence-electron chi connectivity index (χ1n) is 10.2. The highest BCUT2D eigenvalue weighted by Crippen LogP contribution is 2.22. The number of halogens is 1. The third-order valence-corrected chi connectivity index (χ3v) is 7.33. The second kappa shape index (κ2) is 9.11. The number of benzene rings is 2. The van der Waals surface area contributed by atoms with Gasteiger partial charge in [-0.3, -0.25) is 9.78 Å². The maximum atomic E-state index is 13.9. The van der Waals surface area contributed by atoms with E-state index >= 15 is 0 Å². The van der Waals surface area contributed by atoms with Gasteiger partial charge in [0.05, 0.1) is 16.8 Å². The maximum Gasteiger partial charge on any atom is 0.310 e. The summed E-state index contributed by atoms with van der Waals surface area (Å²) in [6.07, 6.45) is 4.38. The van der Waals surface area contributed by atoms with Gasteiger partial charge < -0.3 is 4.74 Å². The zero-order valence-electron chi connectivity index (χ0n) is 17.0. The quantitative estimate of drug-likeness (QED) is 0.542. The molecule has 0 saturated carbocycles. The molecular formula is C23H23FN2O4S. The van der Waals surface area contributed by atoms with Gasteiger partial charge in [-0.1, -0.05) is 24.6 Å². The Balaban J connectivity index is 1.39. The first kappa shape index (κ1) is 21.4. The summed E-state index contributed by atoms with van der Waals surface area (Å²) in [5.41, 5.74) is 1.74. The van der Waals surface area contributed by atoms with Crippen LogP contribution in [0.25, 0.3) is 10.9 Å². The fourth-order valence-corrected chi connectivity index (χ4v) is 5.24. The van der Waals surface area contributed by atoms with E-state index in [2.05, 4.69) is 4.98 Å². The van der Waals surface area contributed by atoms with Gasteiger partial charge in [-0.2, -0.15) is 4.31 Å². The third kappa shape index (κ3) is 4.75. The second-order valence-electron chi connectivity index (χ2n) is 7.55. The first-order valence-corrected chi connectivity index (χ1v) is 11.7. The molecular weight excluding hydrogens is 419 g/mol. The lowest BCUT2D eigenvalue weighted by Crippen LogP contribution is -2.35. The standard InChI is InChI=1S/C23H23FN2O4S/c24-21-11-8-18(23-20(21)5-4-12-25-23)16-30-22(27)15-17-6-9-19(10-7-17)31(28,29)26-13-2-1-3-14-26/h4-12H,1-3,13-16H2. The predicted octanol–water partition coefficient (Wildman–Crippen LogP) is 3.83. The highest BCUT2D eigenvalue weighted by atomic mass is 32.2. The average molecular weight is 443 g/mol. The Bertz CT molecular complexity index is 1190. The molecule has 0 aliphatic carbocycles. The first-order chi connectivity index (χ1) is 14.9.